The molecule has 2 aromatic rings. The van der Waals surface area contributed by atoms with Crippen LogP contribution in [0.4, 0.5) is 5.69 Å². The van der Waals surface area contributed by atoms with Gasteiger partial charge in [-0.1, -0.05) is 30.3 Å². The zero-order chi connectivity index (χ0) is 18.7. The molecule has 0 saturated heterocycles. The lowest BCUT2D eigenvalue weighted by molar-refractivity contribution is 0.0990. The number of amides is 1. The average molecular weight is 391 g/mol. The molecule has 1 aliphatic rings. The minimum Gasteiger partial charge on any atom is -0.307 e. The van der Waals surface area contributed by atoms with Crippen molar-refractivity contribution in [1.82, 2.24) is 0 Å². The third-order valence-electron chi connectivity index (χ3n) is 4.20. The van der Waals surface area contributed by atoms with Crippen molar-refractivity contribution >= 4 is 31.0 Å². The van der Waals surface area contributed by atoms with Crippen molar-refractivity contribution in [3.8, 4) is 0 Å². The summed E-state index contributed by atoms with van der Waals surface area (Å²) in [5.74, 6) is -0.980. The van der Waals surface area contributed by atoms with Gasteiger partial charge in [0, 0.05) is 10.5 Å². The van der Waals surface area contributed by atoms with Gasteiger partial charge in [-0.2, -0.15) is 0 Å². The topological polar surface area (TPSA) is 55.8 Å². The van der Waals surface area contributed by atoms with Crippen LogP contribution >= 0.6 is 19.4 Å². The minimum absolute atomic E-state index is 0.188. The maximum Gasteiger partial charge on any atom is 0.357 e. The summed E-state index contributed by atoms with van der Waals surface area (Å²) < 4.78 is 24.9. The SMILES string of the molecule is CCOP(=O)(OCC)C1c2ccccc2C(=O)N1c1ccccc1SC. The van der Waals surface area contributed by atoms with Gasteiger partial charge in [0.15, 0.2) is 5.78 Å². The number of carbonyl (C=O) groups excluding carboxylic acids is 1. The molecule has 3 rings (SSSR count). The van der Waals surface area contributed by atoms with Gasteiger partial charge in [0.05, 0.1) is 18.9 Å². The summed E-state index contributed by atoms with van der Waals surface area (Å²) in [5.41, 5.74) is 1.93. The first-order chi connectivity index (χ1) is 12.6. The van der Waals surface area contributed by atoms with E-state index in [4.69, 9.17) is 9.05 Å². The second-order valence-corrected chi connectivity index (χ2v) is 8.62. The lowest BCUT2D eigenvalue weighted by Gasteiger charge is -2.31. The smallest absolute Gasteiger partial charge is 0.307 e. The normalized spacial score (nSPS) is 16.8. The van der Waals surface area contributed by atoms with Crippen LogP contribution in [-0.2, 0) is 13.6 Å². The van der Waals surface area contributed by atoms with Crippen LogP contribution in [0.25, 0.3) is 0 Å². The molecule has 0 N–H and O–H groups in total. The van der Waals surface area contributed by atoms with E-state index in [0.29, 0.717) is 16.8 Å². The standard InChI is InChI=1S/C19H22NO4PS/c1-4-23-25(22,24-5-2)19-15-11-7-6-10-14(15)18(21)20(19)16-12-8-9-13-17(16)26-3/h6-13,19H,4-5H2,1-3H3. The molecule has 1 amide bonds. The van der Waals surface area contributed by atoms with E-state index >= 15 is 0 Å². The predicted octanol–water partition coefficient (Wildman–Crippen LogP) is 5.33. The van der Waals surface area contributed by atoms with Crippen molar-refractivity contribution in [1.29, 1.82) is 0 Å². The molecule has 1 heterocycles. The molecular formula is C19H22NO4PS. The second-order valence-electron chi connectivity index (χ2n) is 5.68. The van der Waals surface area contributed by atoms with Gasteiger partial charge in [-0.25, -0.2) is 0 Å². The molecule has 1 aliphatic heterocycles. The number of hydrogen-bond donors (Lipinski definition) is 0. The summed E-state index contributed by atoms with van der Waals surface area (Å²) in [5, 5.41) is 0. The minimum atomic E-state index is -3.59. The van der Waals surface area contributed by atoms with Crippen LogP contribution in [0.2, 0.25) is 0 Å². The van der Waals surface area contributed by atoms with Crippen molar-refractivity contribution in [2.75, 3.05) is 24.4 Å². The van der Waals surface area contributed by atoms with Crippen LogP contribution in [0.5, 0.6) is 0 Å². The fourth-order valence-electron chi connectivity index (χ4n) is 3.22. The van der Waals surface area contributed by atoms with Crippen LogP contribution < -0.4 is 4.90 Å². The van der Waals surface area contributed by atoms with Crippen molar-refractivity contribution < 1.29 is 18.4 Å². The van der Waals surface area contributed by atoms with Gasteiger partial charge in [-0.05, 0) is 43.9 Å². The van der Waals surface area contributed by atoms with E-state index in [9.17, 15) is 9.36 Å². The molecule has 0 aliphatic carbocycles. The highest BCUT2D eigenvalue weighted by atomic mass is 32.2. The van der Waals surface area contributed by atoms with Gasteiger partial charge in [0.2, 0.25) is 0 Å². The van der Waals surface area contributed by atoms with E-state index in [2.05, 4.69) is 0 Å². The summed E-state index contributed by atoms with van der Waals surface area (Å²) in [6, 6.07) is 14.8. The molecule has 0 saturated carbocycles. The van der Waals surface area contributed by atoms with Gasteiger partial charge >= 0.3 is 7.60 Å². The highest BCUT2D eigenvalue weighted by Gasteiger charge is 2.50. The molecule has 0 aromatic heterocycles. The number of rotatable bonds is 7. The third kappa shape index (κ3) is 3.23. The molecule has 0 spiro atoms. The van der Waals surface area contributed by atoms with Gasteiger partial charge in [-0.15, -0.1) is 11.8 Å². The Morgan fingerprint density at radius 1 is 1.04 bits per heavy atom. The molecule has 0 bridgehead atoms. The van der Waals surface area contributed by atoms with Crippen LogP contribution in [-0.4, -0.2) is 25.4 Å². The van der Waals surface area contributed by atoms with Crippen molar-refractivity contribution in [2.45, 2.75) is 24.5 Å². The maximum atomic E-state index is 13.7. The Bertz CT molecular complexity index is 847. The van der Waals surface area contributed by atoms with Crippen molar-refractivity contribution in [3.63, 3.8) is 0 Å². The maximum absolute atomic E-state index is 13.7. The lowest BCUT2D eigenvalue weighted by atomic mass is 10.1. The monoisotopic (exact) mass is 391 g/mol. The zero-order valence-electron chi connectivity index (χ0n) is 15.0. The first-order valence-electron chi connectivity index (χ1n) is 8.51. The number of anilines is 1. The number of fused-ring (bicyclic) bond motifs is 1. The summed E-state index contributed by atoms with van der Waals surface area (Å²) in [4.78, 5) is 15.7. The Kier molecular flexibility index (Phi) is 5.88. The Labute approximate surface area is 158 Å². The van der Waals surface area contributed by atoms with E-state index in [1.807, 2.05) is 48.7 Å². The highest BCUT2D eigenvalue weighted by Crippen LogP contribution is 2.65. The summed E-state index contributed by atoms with van der Waals surface area (Å²) in [6.07, 6.45) is 1.95. The Morgan fingerprint density at radius 3 is 2.31 bits per heavy atom. The van der Waals surface area contributed by atoms with Crippen LogP contribution in [0.1, 0.15) is 35.6 Å². The van der Waals surface area contributed by atoms with E-state index < -0.39 is 13.4 Å². The van der Waals surface area contributed by atoms with Crippen LogP contribution in [0.3, 0.4) is 0 Å². The van der Waals surface area contributed by atoms with Gasteiger partial charge in [-0.3, -0.25) is 14.3 Å². The number of hydrogen-bond acceptors (Lipinski definition) is 5. The summed E-state index contributed by atoms with van der Waals surface area (Å²) >= 11 is 1.54. The van der Waals surface area contributed by atoms with Crippen LogP contribution in [0, 0.1) is 0 Å². The molecule has 1 unspecified atom stereocenters. The molecule has 26 heavy (non-hydrogen) atoms. The van der Waals surface area contributed by atoms with Crippen LogP contribution in [0.15, 0.2) is 53.4 Å². The third-order valence-corrected chi connectivity index (χ3v) is 7.32. The molecular weight excluding hydrogens is 369 g/mol. The predicted molar refractivity (Wildman–Crippen MR) is 105 cm³/mol. The average Bonchev–Trinajstić information content (AvgIpc) is 2.95. The molecule has 5 nitrogen and oxygen atoms in total. The second kappa shape index (κ2) is 7.97. The Hall–Kier alpha value is -1.59. The van der Waals surface area contributed by atoms with Crippen molar-refractivity contribution in [3.05, 3.63) is 59.7 Å². The van der Waals surface area contributed by atoms with Gasteiger partial charge in [0.25, 0.3) is 5.91 Å². The first-order valence-corrected chi connectivity index (χ1v) is 11.3. The number of carbonyl (C=O) groups is 1. The number of para-hydroxylation sites is 1. The van der Waals surface area contributed by atoms with E-state index in [1.54, 1.807) is 24.8 Å². The molecule has 0 radical (unpaired) electrons. The molecule has 1 atom stereocenters. The first kappa shape index (κ1) is 19.2. The highest BCUT2D eigenvalue weighted by molar-refractivity contribution is 7.98. The Morgan fingerprint density at radius 2 is 1.65 bits per heavy atom. The molecule has 0 fully saturated rings. The number of nitrogens with zero attached hydrogens (tertiary/aromatic N) is 1. The molecule has 7 heteroatoms. The van der Waals surface area contributed by atoms with E-state index in [1.165, 1.54) is 11.8 Å². The van der Waals surface area contributed by atoms with E-state index in [0.717, 1.165) is 4.90 Å². The fraction of sp³-hybridized carbons (Fsp3) is 0.316. The summed E-state index contributed by atoms with van der Waals surface area (Å²) in [7, 11) is -3.59. The quantitative estimate of drug-likeness (QED) is 0.471. The van der Waals surface area contributed by atoms with Crippen molar-refractivity contribution in [2.24, 2.45) is 0 Å². The van der Waals surface area contributed by atoms with Gasteiger partial charge in [0.1, 0.15) is 0 Å². The largest absolute Gasteiger partial charge is 0.357 e. The Balaban J connectivity index is 2.22. The number of thioether (sulfide) groups is 1. The van der Waals surface area contributed by atoms with E-state index in [-0.39, 0.29) is 19.1 Å². The molecule has 138 valence electrons. The summed E-state index contributed by atoms with van der Waals surface area (Å²) in [6.45, 7) is 4.02. The lowest BCUT2D eigenvalue weighted by Crippen LogP contribution is -2.29. The fourth-order valence-corrected chi connectivity index (χ4v) is 5.96. The molecule has 2 aromatic carbocycles. The zero-order valence-corrected chi connectivity index (χ0v) is 16.8. The number of benzene rings is 2. The van der Waals surface area contributed by atoms with Gasteiger partial charge < -0.3 is 9.05 Å².